The van der Waals surface area contributed by atoms with Crippen LogP contribution in [0.1, 0.15) is 20.3 Å². The van der Waals surface area contributed by atoms with Gasteiger partial charge < -0.3 is 25.6 Å². The Morgan fingerprint density at radius 3 is 2.85 bits per heavy atom. The highest BCUT2D eigenvalue weighted by atomic mass is 127. The molecule has 0 bridgehead atoms. The van der Waals surface area contributed by atoms with Gasteiger partial charge in [-0.2, -0.15) is 0 Å². The molecular formula is C18H29ClIN5O2. The van der Waals surface area contributed by atoms with Crippen LogP contribution in [-0.2, 0) is 4.79 Å². The number of carbonyl (C=O) groups is 1. The zero-order chi connectivity index (χ0) is 18.9. The number of hydrogen-bond acceptors (Lipinski definition) is 4. The van der Waals surface area contributed by atoms with Gasteiger partial charge in [-0.25, -0.2) is 0 Å². The Kier molecular flexibility index (Phi) is 10.6. The lowest BCUT2D eigenvalue weighted by atomic mass is 10.2. The number of aliphatic imine (C=N–C) groups is 1. The van der Waals surface area contributed by atoms with Crippen LogP contribution in [0, 0.1) is 0 Å². The molecule has 0 spiro atoms. The predicted octanol–water partition coefficient (Wildman–Crippen LogP) is 2.24. The third kappa shape index (κ3) is 7.61. The molecular weight excluding hydrogens is 481 g/mol. The second-order valence-corrected chi connectivity index (χ2v) is 6.57. The lowest BCUT2D eigenvalue weighted by molar-refractivity contribution is -0.118. The summed E-state index contributed by atoms with van der Waals surface area (Å²) < 4.78 is 5.46. The van der Waals surface area contributed by atoms with Crippen LogP contribution in [0.25, 0.3) is 0 Å². The Hall–Kier alpha value is -1.42. The molecule has 3 N–H and O–H groups in total. The molecule has 1 aliphatic heterocycles. The summed E-state index contributed by atoms with van der Waals surface area (Å²) in [6, 6.07) is 5.94. The molecule has 0 saturated carbocycles. The first-order valence-corrected chi connectivity index (χ1v) is 9.29. The van der Waals surface area contributed by atoms with E-state index in [0.717, 1.165) is 43.5 Å². The van der Waals surface area contributed by atoms with Crippen LogP contribution in [-0.4, -0.2) is 57.7 Å². The normalized spacial score (nSPS) is 16.5. The van der Waals surface area contributed by atoms with E-state index in [2.05, 4.69) is 25.8 Å². The van der Waals surface area contributed by atoms with Crippen molar-refractivity contribution in [3.63, 3.8) is 0 Å². The molecule has 1 amide bonds. The van der Waals surface area contributed by atoms with Crippen molar-refractivity contribution in [3.05, 3.63) is 23.2 Å². The monoisotopic (exact) mass is 509 g/mol. The fraction of sp³-hybridized carbons (Fsp3) is 0.556. The van der Waals surface area contributed by atoms with Crippen LogP contribution in [0.3, 0.4) is 0 Å². The highest BCUT2D eigenvalue weighted by molar-refractivity contribution is 14.0. The average Bonchev–Trinajstić information content (AvgIpc) is 3.07. The first kappa shape index (κ1) is 23.6. The van der Waals surface area contributed by atoms with E-state index in [1.54, 1.807) is 7.11 Å². The first-order chi connectivity index (χ1) is 12.5. The number of amides is 1. The minimum absolute atomic E-state index is 0. The SMILES string of the molecule is CCNC(=NCCNC(C)=O)NC1CCN(c2cc(Cl)ccc2OC)C1.I. The molecule has 152 valence electrons. The Morgan fingerprint density at radius 2 is 2.19 bits per heavy atom. The van der Waals surface area contributed by atoms with Crippen molar-refractivity contribution in [3.8, 4) is 5.75 Å². The summed E-state index contributed by atoms with van der Waals surface area (Å²) in [5.74, 6) is 1.55. The van der Waals surface area contributed by atoms with Gasteiger partial charge in [-0.05, 0) is 31.5 Å². The van der Waals surface area contributed by atoms with Gasteiger partial charge in [0.25, 0.3) is 0 Å². The van der Waals surface area contributed by atoms with Crippen LogP contribution in [0.2, 0.25) is 5.02 Å². The Balaban J connectivity index is 0.00000364. The van der Waals surface area contributed by atoms with Crippen molar-refractivity contribution in [2.45, 2.75) is 26.3 Å². The zero-order valence-corrected chi connectivity index (χ0v) is 19.1. The summed E-state index contributed by atoms with van der Waals surface area (Å²) in [6.45, 7) is 7.14. The number of hydrogen-bond donors (Lipinski definition) is 3. The van der Waals surface area contributed by atoms with Crippen molar-refractivity contribution in [2.75, 3.05) is 44.7 Å². The predicted molar refractivity (Wildman–Crippen MR) is 122 cm³/mol. The van der Waals surface area contributed by atoms with Crippen LogP contribution < -0.4 is 25.6 Å². The van der Waals surface area contributed by atoms with Gasteiger partial charge in [-0.15, -0.1) is 24.0 Å². The molecule has 1 heterocycles. The van der Waals surface area contributed by atoms with Gasteiger partial charge in [-0.3, -0.25) is 9.79 Å². The molecule has 0 aliphatic carbocycles. The summed E-state index contributed by atoms with van der Waals surface area (Å²) >= 11 is 6.15. The maximum absolute atomic E-state index is 10.9. The number of nitrogens with one attached hydrogen (secondary N) is 3. The summed E-state index contributed by atoms with van der Waals surface area (Å²) in [7, 11) is 1.67. The van der Waals surface area contributed by atoms with Gasteiger partial charge in [-0.1, -0.05) is 11.6 Å². The summed E-state index contributed by atoms with van der Waals surface area (Å²) in [5.41, 5.74) is 1.01. The van der Waals surface area contributed by atoms with Gasteiger partial charge in [0.05, 0.1) is 19.3 Å². The van der Waals surface area contributed by atoms with Crippen LogP contribution in [0.15, 0.2) is 23.2 Å². The van der Waals surface area contributed by atoms with E-state index in [1.807, 2.05) is 25.1 Å². The average molecular weight is 510 g/mol. The fourth-order valence-corrected chi connectivity index (χ4v) is 3.09. The van der Waals surface area contributed by atoms with Gasteiger partial charge in [0, 0.05) is 44.2 Å². The molecule has 1 saturated heterocycles. The molecule has 1 unspecified atom stereocenters. The molecule has 27 heavy (non-hydrogen) atoms. The Morgan fingerprint density at radius 1 is 1.41 bits per heavy atom. The highest BCUT2D eigenvalue weighted by Gasteiger charge is 2.25. The second-order valence-electron chi connectivity index (χ2n) is 6.14. The number of carbonyl (C=O) groups excluding carboxylic acids is 1. The second kappa shape index (κ2) is 12.1. The smallest absolute Gasteiger partial charge is 0.216 e. The zero-order valence-electron chi connectivity index (χ0n) is 16.0. The van der Waals surface area contributed by atoms with Gasteiger partial charge in [0.1, 0.15) is 5.75 Å². The van der Waals surface area contributed by atoms with Crippen molar-refractivity contribution in [1.82, 2.24) is 16.0 Å². The van der Waals surface area contributed by atoms with E-state index in [-0.39, 0.29) is 35.9 Å². The van der Waals surface area contributed by atoms with E-state index in [1.165, 1.54) is 6.92 Å². The van der Waals surface area contributed by atoms with E-state index >= 15 is 0 Å². The molecule has 1 fully saturated rings. The van der Waals surface area contributed by atoms with Crippen molar-refractivity contribution >= 4 is 53.1 Å². The molecule has 1 aromatic rings. The molecule has 9 heteroatoms. The molecule has 7 nitrogen and oxygen atoms in total. The number of nitrogens with zero attached hydrogens (tertiary/aromatic N) is 2. The lowest BCUT2D eigenvalue weighted by Crippen LogP contribution is -2.45. The number of anilines is 1. The summed E-state index contributed by atoms with van der Waals surface area (Å²) in [5, 5.41) is 10.2. The summed E-state index contributed by atoms with van der Waals surface area (Å²) in [4.78, 5) is 17.7. The first-order valence-electron chi connectivity index (χ1n) is 8.91. The molecule has 1 atom stereocenters. The topological polar surface area (TPSA) is 78.0 Å². The number of methoxy groups -OCH3 is 1. The van der Waals surface area contributed by atoms with Gasteiger partial charge >= 0.3 is 0 Å². The standard InChI is InChI=1S/C18H28ClN5O2.HI/c1-4-20-18(22-9-8-21-13(2)25)23-15-7-10-24(12-15)16-11-14(19)5-6-17(16)26-3;/h5-6,11,15H,4,7-10,12H2,1-3H3,(H,21,25)(H2,20,22,23);1H. The number of guanidine groups is 1. The maximum Gasteiger partial charge on any atom is 0.216 e. The Bertz CT molecular complexity index is 644. The van der Waals surface area contributed by atoms with Crippen LogP contribution in [0.4, 0.5) is 5.69 Å². The minimum atomic E-state index is -0.0416. The van der Waals surface area contributed by atoms with Crippen LogP contribution >= 0.6 is 35.6 Å². The van der Waals surface area contributed by atoms with Crippen molar-refractivity contribution < 1.29 is 9.53 Å². The van der Waals surface area contributed by atoms with Gasteiger partial charge in [0.2, 0.25) is 5.91 Å². The quantitative estimate of drug-likeness (QED) is 0.227. The number of ether oxygens (including phenoxy) is 1. The number of benzene rings is 1. The maximum atomic E-state index is 10.9. The molecule has 2 rings (SSSR count). The molecule has 0 aromatic heterocycles. The largest absolute Gasteiger partial charge is 0.495 e. The van der Waals surface area contributed by atoms with Gasteiger partial charge in [0.15, 0.2) is 5.96 Å². The lowest BCUT2D eigenvalue weighted by Gasteiger charge is -2.22. The van der Waals surface area contributed by atoms with Crippen molar-refractivity contribution in [1.29, 1.82) is 0 Å². The third-order valence-corrected chi connectivity index (χ3v) is 4.35. The molecule has 0 radical (unpaired) electrons. The molecule has 1 aliphatic rings. The summed E-state index contributed by atoms with van der Waals surface area (Å²) in [6.07, 6.45) is 0.992. The number of halogens is 2. The van der Waals surface area contributed by atoms with Crippen molar-refractivity contribution in [2.24, 2.45) is 4.99 Å². The van der Waals surface area contributed by atoms with Crippen LogP contribution in [0.5, 0.6) is 5.75 Å². The Labute approximate surface area is 183 Å². The minimum Gasteiger partial charge on any atom is -0.495 e. The van der Waals surface area contributed by atoms with E-state index in [0.29, 0.717) is 18.1 Å². The highest BCUT2D eigenvalue weighted by Crippen LogP contribution is 2.33. The molecule has 1 aromatic carbocycles. The number of rotatable bonds is 7. The van der Waals surface area contributed by atoms with E-state index in [4.69, 9.17) is 16.3 Å². The van der Waals surface area contributed by atoms with E-state index < -0.39 is 0 Å². The van der Waals surface area contributed by atoms with E-state index in [9.17, 15) is 4.79 Å². The fourth-order valence-electron chi connectivity index (χ4n) is 2.92. The third-order valence-electron chi connectivity index (χ3n) is 4.11.